The van der Waals surface area contributed by atoms with Gasteiger partial charge in [-0.3, -0.25) is 19.3 Å². The van der Waals surface area contributed by atoms with Crippen molar-refractivity contribution in [2.75, 3.05) is 11.9 Å². The molecule has 172 valence electrons. The van der Waals surface area contributed by atoms with Crippen LogP contribution in [0.4, 0.5) is 18.9 Å². The number of anilines is 1. The van der Waals surface area contributed by atoms with E-state index in [4.69, 9.17) is 16.3 Å². The number of likely N-dealkylation sites (tertiary alicyclic amines) is 1. The molecule has 1 heterocycles. The number of fused-ring (bicyclic) bond motifs is 5. The van der Waals surface area contributed by atoms with Crippen LogP contribution in [0.5, 0.6) is 0 Å². The van der Waals surface area contributed by atoms with E-state index >= 15 is 0 Å². The highest BCUT2D eigenvalue weighted by Crippen LogP contribution is 2.56. The smallest absolute Gasteiger partial charge is 0.416 e. The van der Waals surface area contributed by atoms with Gasteiger partial charge in [0.25, 0.3) is 5.91 Å². The molecule has 2 aliphatic carbocycles. The van der Waals surface area contributed by atoms with Gasteiger partial charge in [-0.1, -0.05) is 11.6 Å². The number of rotatable bonds is 5. The Balaban J connectivity index is 1.35. The van der Waals surface area contributed by atoms with Crippen LogP contribution >= 0.6 is 11.6 Å². The number of halogens is 4. The number of nitrogens with one attached hydrogen (secondary N) is 1. The van der Waals surface area contributed by atoms with Gasteiger partial charge in [0, 0.05) is 0 Å². The molecule has 2 saturated carbocycles. The fourth-order valence-corrected chi connectivity index (χ4v) is 5.32. The average Bonchev–Trinajstić information content (AvgIpc) is 3.40. The summed E-state index contributed by atoms with van der Waals surface area (Å²) in [5, 5.41) is 2.04. The lowest BCUT2D eigenvalue weighted by molar-refractivity contribution is -0.159. The molecule has 1 saturated heterocycles. The first-order chi connectivity index (χ1) is 15.0. The summed E-state index contributed by atoms with van der Waals surface area (Å²) in [5.74, 6) is -3.07. The minimum absolute atomic E-state index is 0.125. The summed E-state index contributed by atoms with van der Waals surface area (Å²) in [6.07, 6.45) is -1.97. The zero-order chi connectivity index (χ0) is 23.4. The number of benzene rings is 1. The zero-order valence-corrected chi connectivity index (χ0v) is 17.7. The third kappa shape index (κ3) is 3.85. The summed E-state index contributed by atoms with van der Waals surface area (Å²) in [6.45, 7) is 0.534. The first-order valence-electron chi connectivity index (χ1n) is 10.2. The van der Waals surface area contributed by atoms with Gasteiger partial charge in [0.1, 0.15) is 6.04 Å². The molecule has 1 N–H and O–H groups in total. The van der Waals surface area contributed by atoms with Gasteiger partial charge in [0.15, 0.2) is 6.61 Å². The van der Waals surface area contributed by atoms with E-state index < -0.39 is 36.3 Å². The van der Waals surface area contributed by atoms with Crippen LogP contribution in [0.3, 0.4) is 0 Å². The number of hydrogen-bond donors (Lipinski definition) is 1. The van der Waals surface area contributed by atoms with Crippen LogP contribution < -0.4 is 5.32 Å². The van der Waals surface area contributed by atoms with Crippen molar-refractivity contribution in [3.05, 3.63) is 28.8 Å². The number of amides is 3. The molecule has 0 spiro atoms. The lowest BCUT2D eigenvalue weighted by atomic mass is 9.81. The summed E-state index contributed by atoms with van der Waals surface area (Å²) in [5.41, 5.74) is -1.29. The quantitative estimate of drug-likeness (QED) is 0.524. The Morgan fingerprint density at radius 1 is 1.19 bits per heavy atom. The van der Waals surface area contributed by atoms with Crippen molar-refractivity contribution < 1.29 is 37.1 Å². The van der Waals surface area contributed by atoms with Crippen LogP contribution in [0.15, 0.2) is 18.2 Å². The normalized spacial score (nSPS) is 27.5. The second-order valence-corrected chi connectivity index (χ2v) is 8.86. The van der Waals surface area contributed by atoms with Crippen LogP contribution in [0, 0.1) is 23.7 Å². The number of carbonyl (C=O) groups is 4. The van der Waals surface area contributed by atoms with Crippen LogP contribution in [-0.4, -0.2) is 41.2 Å². The van der Waals surface area contributed by atoms with Gasteiger partial charge in [0.2, 0.25) is 11.8 Å². The molecule has 0 aromatic heterocycles. The van der Waals surface area contributed by atoms with Gasteiger partial charge in [-0.25, -0.2) is 4.79 Å². The van der Waals surface area contributed by atoms with Gasteiger partial charge >= 0.3 is 12.1 Å². The lowest BCUT2D eigenvalue weighted by Crippen LogP contribution is -2.45. The van der Waals surface area contributed by atoms with Crippen LogP contribution in [-0.2, 0) is 30.1 Å². The van der Waals surface area contributed by atoms with Crippen LogP contribution in [0.1, 0.15) is 31.7 Å². The molecule has 0 unspecified atom stereocenters. The Kier molecular flexibility index (Phi) is 5.68. The SMILES string of the molecule is C[C@H](C(=O)OCC(=O)Nc1cc(C(F)(F)F)ccc1Cl)N1C(=O)[C@@H]2[C@H]3CC[C@@H](C3)[C@@H]2C1=O. The van der Waals surface area contributed by atoms with E-state index in [2.05, 4.69) is 5.32 Å². The molecule has 3 amide bonds. The fraction of sp³-hybridized carbons (Fsp3) is 0.524. The molecule has 2 bridgehead atoms. The van der Waals surface area contributed by atoms with E-state index in [1.165, 1.54) is 6.92 Å². The van der Waals surface area contributed by atoms with Crippen molar-refractivity contribution in [1.29, 1.82) is 0 Å². The number of imide groups is 1. The number of carbonyl (C=O) groups excluding carboxylic acids is 4. The van der Waals surface area contributed by atoms with Crippen molar-refractivity contribution in [2.24, 2.45) is 23.7 Å². The van der Waals surface area contributed by atoms with Crippen molar-refractivity contribution in [3.63, 3.8) is 0 Å². The Hall–Kier alpha value is -2.62. The number of nitrogens with zero attached hydrogens (tertiary/aromatic N) is 1. The molecular formula is C21H20ClF3N2O5. The Morgan fingerprint density at radius 3 is 2.34 bits per heavy atom. The number of esters is 1. The highest BCUT2D eigenvalue weighted by atomic mass is 35.5. The molecule has 0 radical (unpaired) electrons. The molecule has 32 heavy (non-hydrogen) atoms. The molecule has 1 aliphatic heterocycles. The Bertz CT molecular complexity index is 970. The molecule has 5 atom stereocenters. The molecule has 7 nitrogen and oxygen atoms in total. The highest BCUT2D eigenvalue weighted by Gasteiger charge is 2.62. The largest absolute Gasteiger partial charge is 0.454 e. The third-order valence-corrected chi connectivity index (χ3v) is 6.93. The minimum Gasteiger partial charge on any atom is -0.454 e. The van der Waals surface area contributed by atoms with Gasteiger partial charge in [0.05, 0.1) is 28.1 Å². The van der Waals surface area contributed by atoms with E-state index in [0.717, 1.165) is 36.3 Å². The highest BCUT2D eigenvalue weighted by molar-refractivity contribution is 6.33. The van der Waals surface area contributed by atoms with E-state index in [-0.39, 0.29) is 46.2 Å². The zero-order valence-electron chi connectivity index (χ0n) is 16.9. The molecule has 3 aliphatic rings. The van der Waals surface area contributed by atoms with E-state index in [0.29, 0.717) is 6.07 Å². The summed E-state index contributed by atoms with van der Waals surface area (Å²) in [7, 11) is 0. The summed E-state index contributed by atoms with van der Waals surface area (Å²) < 4.78 is 43.4. The molecular weight excluding hydrogens is 453 g/mol. The fourth-order valence-electron chi connectivity index (χ4n) is 5.16. The number of ether oxygens (including phenoxy) is 1. The van der Waals surface area contributed by atoms with Gasteiger partial charge in [-0.05, 0) is 56.2 Å². The van der Waals surface area contributed by atoms with Crippen molar-refractivity contribution >= 4 is 41.0 Å². The molecule has 11 heteroatoms. The molecule has 1 aromatic rings. The summed E-state index contributed by atoms with van der Waals surface area (Å²) in [4.78, 5) is 51.0. The first-order valence-corrected chi connectivity index (χ1v) is 10.6. The maximum absolute atomic E-state index is 12.8. The third-order valence-electron chi connectivity index (χ3n) is 6.60. The molecule has 1 aromatic carbocycles. The second kappa shape index (κ2) is 8.06. The standard InChI is InChI=1S/C21H20ClF3N2O5/c1-9(27-18(29)16-10-2-3-11(6-10)17(16)19(27)30)20(31)32-8-15(28)26-14-7-12(21(23,24)25)4-5-13(14)22/h4-5,7,9-11,16-17H,2-3,6,8H2,1H3,(H,26,28)/t9-,10+,11+,16-,17+/m1/s1. The van der Waals surface area contributed by atoms with Crippen molar-refractivity contribution in [2.45, 2.75) is 38.4 Å². The summed E-state index contributed by atoms with van der Waals surface area (Å²) >= 11 is 5.83. The van der Waals surface area contributed by atoms with Crippen LogP contribution in [0.25, 0.3) is 0 Å². The van der Waals surface area contributed by atoms with E-state index in [1.54, 1.807) is 0 Å². The van der Waals surface area contributed by atoms with Gasteiger partial charge in [-0.15, -0.1) is 0 Å². The van der Waals surface area contributed by atoms with Crippen molar-refractivity contribution in [3.8, 4) is 0 Å². The maximum atomic E-state index is 12.8. The Morgan fingerprint density at radius 2 is 1.78 bits per heavy atom. The van der Waals surface area contributed by atoms with Crippen LogP contribution in [0.2, 0.25) is 5.02 Å². The minimum atomic E-state index is -4.63. The van der Waals surface area contributed by atoms with E-state index in [1.807, 2.05) is 0 Å². The Labute approximate surface area is 186 Å². The predicted octanol–water partition coefficient (Wildman–Crippen LogP) is 3.26. The molecule has 3 fully saturated rings. The monoisotopic (exact) mass is 472 g/mol. The molecule has 4 rings (SSSR count). The average molecular weight is 473 g/mol. The number of hydrogen-bond acceptors (Lipinski definition) is 5. The second-order valence-electron chi connectivity index (χ2n) is 8.46. The predicted molar refractivity (Wildman–Crippen MR) is 105 cm³/mol. The summed E-state index contributed by atoms with van der Waals surface area (Å²) in [6, 6.07) is 1.22. The maximum Gasteiger partial charge on any atom is 0.416 e. The first kappa shape index (κ1) is 22.6. The lowest BCUT2D eigenvalue weighted by Gasteiger charge is -2.23. The topological polar surface area (TPSA) is 92.8 Å². The number of alkyl halides is 3. The van der Waals surface area contributed by atoms with Crippen molar-refractivity contribution in [1.82, 2.24) is 4.90 Å². The van der Waals surface area contributed by atoms with Gasteiger partial charge < -0.3 is 10.1 Å². The van der Waals surface area contributed by atoms with E-state index in [9.17, 15) is 32.3 Å². The van der Waals surface area contributed by atoms with Gasteiger partial charge in [-0.2, -0.15) is 13.2 Å².